The zero-order valence-corrected chi connectivity index (χ0v) is 11.0. The first-order valence-corrected chi connectivity index (χ1v) is 6.12. The molecule has 116 valence electrons. The van der Waals surface area contributed by atoms with E-state index in [9.17, 15) is 27.5 Å². The number of hydrogen-bond donors (Lipinski definition) is 2. The molecule has 0 aliphatic carbocycles. The standard InChI is InChI=1S/C13H13F4NO3/c1-12(20,13(15,16)17)6-18-11(19)10-5-7-4-8(14)2-3-9(7)21-10/h2-4,10,20H,5-6H2,1H3,(H,18,19)/t10-,12+/m1/s1. The van der Waals surface area contributed by atoms with E-state index >= 15 is 0 Å². The lowest BCUT2D eigenvalue weighted by Gasteiger charge is -2.26. The van der Waals surface area contributed by atoms with E-state index in [-0.39, 0.29) is 6.42 Å². The van der Waals surface area contributed by atoms with Gasteiger partial charge in [-0.25, -0.2) is 4.39 Å². The lowest BCUT2D eigenvalue weighted by atomic mass is 10.1. The number of halogens is 4. The van der Waals surface area contributed by atoms with Gasteiger partial charge in [0.15, 0.2) is 11.7 Å². The average Bonchev–Trinajstić information content (AvgIpc) is 2.77. The van der Waals surface area contributed by atoms with Crippen LogP contribution in [0, 0.1) is 5.82 Å². The largest absolute Gasteiger partial charge is 0.480 e. The second kappa shape index (κ2) is 5.18. The number of alkyl halides is 3. The van der Waals surface area contributed by atoms with Gasteiger partial charge in [-0.2, -0.15) is 13.2 Å². The highest BCUT2D eigenvalue weighted by atomic mass is 19.4. The number of hydrogen-bond acceptors (Lipinski definition) is 3. The number of amides is 1. The van der Waals surface area contributed by atoms with Crippen molar-refractivity contribution in [2.24, 2.45) is 0 Å². The Morgan fingerprint density at radius 2 is 2.14 bits per heavy atom. The highest BCUT2D eigenvalue weighted by Gasteiger charge is 2.50. The minimum atomic E-state index is -4.86. The van der Waals surface area contributed by atoms with Crippen LogP contribution < -0.4 is 10.1 Å². The van der Waals surface area contributed by atoms with Crippen LogP contribution in [0.2, 0.25) is 0 Å². The molecule has 1 aliphatic rings. The second-order valence-corrected chi connectivity index (χ2v) is 5.05. The molecule has 0 spiro atoms. The number of benzene rings is 1. The monoisotopic (exact) mass is 307 g/mol. The number of fused-ring (bicyclic) bond motifs is 1. The molecule has 0 bridgehead atoms. The molecule has 0 saturated carbocycles. The van der Waals surface area contributed by atoms with Crippen LogP contribution in [0.4, 0.5) is 17.6 Å². The summed E-state index contributed by atoms with van der Waals surface area (Å²) in [5, 5.41) is 11.2. The average molecular weight is 307 g/mol. The Hall–Kier alpha value is -1.83. The van der Waals surface area contributed by atoms with Gasteiger partial charge in [-0.1, -0.05) is 0 Å². The van der Waals surface area contributed by atoms with Crippen LogP contribution in [0.3, 0.4) is 0 Å². The third-order valence-corrected chi connectivity index (χ3v) is 3.21. The van der Waals surface area contributed by atoms with Crippen LogP contribution in [0.1, 0.15) is 12.5 Å². The summed E-state index contributed by atoms with van der Waals surface area (Å²) in [5.74, 6) is -0.964. The van der Waals surface area contributed by atoms with Gasteiger partial charge >= 0.3 is 6.18 Å². The molecule has 0 fully saturated rings. The maximum atomic E-state index is 13.0. The van der Waals surface area contributed by atoms with Gasteiger partial charge in [0.25, 0.3) is 5.91 Å². The van der Waals surface area contributed by atoms with Crippen molar-refractivity contribution in [2.45, 2.75) is 31.2 Å². The van der Waals surface area contributed by atoms with E-state index in [2.05, 4.69) is 0 Å². The van der Waals surface area contributed by atoms with E-state index in [1.165, 1.54) is 12.1 Å². The van der Waals surface area contributed by atoms with Gasteiger partial charge < -0.3 is 15.2 Å². The van der Waals surface area contributed by atoms with E-state index in [4.69, 9.17) is 4.74 Å². The summed E-state index contributed by atoms with van der Waals surface area (Å²) in [6, 6.07) is 3.71. The minimum absolute atomic E-state index is 0.0626. The number of rotatable bonds is 3. The molecule has 2 atom stereocenters. The smallest absolute Gasteiger partial charge is 0.418 e. The lowest BCUT2D eigenvalue weighted by Crippen LogP contribution is -2.53. The Morgan fingerprint density at radius 3 is 2.76 bits per heavy atom. The van der Waals surface area contributed by atoms with Crippen LogP contribution in [-0.4, -0.2) is 35.4 Å². The summed E-state index contributed by atoms with van der Waals surface area (Å²) in [4.78, 5) is 11.8. The van der Waals surface area contributed by atoms with Crippen LogP contribution in [0.5, 0.6) is 5.75 Å². The maximum absolute atomic E-state index is 13.0. The zero-order chi connectivity index (χ0) is 15.8. The first-order valence-electron chi connectivity index (χ1n) is 6.12. The first kappa shape index (κ1) is 15.6. The molecule has 1 amide bonds. The molecule has 0 saturated heterocycles. The molecule has 2 rings (SSSR count). The van der Waals surface area contributed by atoms with Crippen molar-refractivity contribution >= 4 is 5.91 Å². The van der Waals surface area contributed by atoms with Crippen LogP contribution >= 0.6 is 0 Å². The summed E-state index contributed by atoms with van der Waals surface area (Å²) < 4.78 is 55.6. The van der Waals surface area contributed by atoms with E-state index in [0.717, 1.165) is 6.07 Å². The van der Waals surface area contributed by atoms with Gasteiger partial charge in [0, 0.05) is 12.0 Å². The van der Waals surface area contributed by atoms with Crippen molar-refractivity contribution in [2.75, 3.05) is 6.54 Å². The molecule has 1 heterocycles. The van der Waals surface area contributed by atoms with Crippen molar-refractivity contribution in [3.8, 4) is 5.75 Å². The Labute approximate surface area is 117 Å². The summed E-state index contributed by atoms with van der Waals surface area (Å²) >= 11 is 0. The Balaban J connectivity index is 1.95. The van der Waals surface area contributed by atoms with Crippen molar-refractivity contribution < 1.29 is 32.2 Å². The molecule has 1 aliphatic heterocycles. The fourth-order valence-electron chi connectivity index (χ4n) is 1.84. The van der Waals surface area contributed by atoms with Crippen LogP contribution in [-0.2, 0) is 11.2 Å². The fraction of sp³-hybridized carbons (Fsp3) is 0.462. The number of aliphatic hydroxyl groups is 1. The molecule has 2 N–H and O–H groups in total. The van der Waals surface area contributed by atoms with Gasteiger partial charge in [0.1, 0.15) is 11.6 Å². The van der Waals surface area contributed by atoms with E-state index in [1.54, 1.807) is 0 Å². The zero-order valence-electron chi connectivity index (χ0n) is 11.0. The van der Waals surface area contributed by atoms with Crippen LogP contribution in [0.15, 0.2) is 18.2 Å². The van der Waals surface area contributed by atoms with Crippen LogP contribution in [0.25, 0.3) is 0 Å². The predicted octanol–water partition coefficient (Wildman–Crippen LogP) is 1.56. The molecule has 0 radical (unpaired) electrons. The molecule has 21 heavy (non-hydrogen) atoms. The van der Waals surface area contributed by atoms with E-state index in [0.29, 0.717) is 18.2 Å². The molecule has 0 unspecified atom stereocenters. The summed E-state index contributed by atoms with van der Waals surface area (Å²) in [5.41, 5.74) is -2.56. The number of nitrogens with one attached hydrogen (secondary N) is 1. The number of ether oxygens (including phenoxy) is 1. The molecule has 8 heteroatoms. The quantitative estimate of drug-likeness (QED) is 0.833. The molecule has 4 nitrogen and oxygen atoms in total. The maximum Gasteiger partial charge on any atom is 0.418 e. The van der Waals surface area contributed by atoms with Gasteiger partial charge in [-0.15, -0.1) is 0 Å². The predicted molar refractivity (Wildman–Crippen MR) is 64.2 cm³/mol. The van der Waals surface area contributed by atoms with Gasteiger partial charge in [0.05, 0.1) is 6.54 Å². The fourth-order valence-corrected chi connectivity index (χ4v) is 1.84. The summed E-state index contributed by atoms with van der Waals surface area (Å²) in [6.45, 7) is -0.424. The van der Waals surface area contributed by atoms with Crippen molar-refractivity contribution in [1.82, 2.24) is 5.32 Å². The summed E-state index contributed by atoms with van der Waals surface area (Å²) in [7, 11) is 0. The highest BCUT2D eigenvalue weighted by Crippen LogP contribution is 2.31. The normalized spacial score (nSPS) is 20.4. The first-order chi connectivity index (χ1) is 9.60. The molecule has 1 aromatic rings. The molecule has 0 aromatic heterocycles. The molecular weight excluding hydrogens is 294 g/mol. The Kier molecular flexibility index (Phi) is 3.83. The van der Waals surface area contributed by atoms with Gasteiger partial charge in [-0.3, -0.25) is 4.79 Å². The number of carbonyl (C=O) groups is 1. The molecule has 1 aromatic carbocycles. The third-order valence-electron chi connectivity index (χ3n) is 3.21. The SMILES string of the molecule is C[C@](O)(CNC(=O)[C@H]1Cc2cc(F)ccc2O1)C(F)(F)F. The van der Waals surface area contributed by atoms with Gasteiger partial charge in [-0.05, 0) is 25.1 Å². The van der Waals surface area contributed by atoms with Gasteiger partial charge in [0.2, 0.25) is 0 Å². The topological polar surface area (TPSA) is 58.6 Å². The van der Waals surface area contributed by atoms with Crippen molar-refractivity contribution in [1.29, 1.82) is 0 Å². The lowest BCUT2D eigenvalue weighted by molar-refractivity contribution is -0.250. The second-order valence-electron chi connectivity index (χ2n) is 5.05. The summed E-state index contributed by atoms with van der Waals surface area (Å²) in [6.07, 6.45) is -5.83. The number of carbonyl (C=O) groups excluding carboxylic acids is 1. The van der Waals surface area contributed by atoms with E-state index in [1.807, 2.05) is 5.32 Å². The van der Waals surface area contributed by atoms with E-state index < -0.39 is 36.2 Å². The molecular formula is C13H13F4NO3. The highest BCUT2D eigenvalue weighted by molar-refractivity contribution is 5.82. The minimum Gasteiger partial charge on any atom is -0.480 e. The third kappa shape index (κ3) is 3.26. The van der Waals surface area contributed by atoms with Crippen molar-refractivity contribution in [3.63, 3.8) is 0 Å². The Morgan fingerprint density at radius 1 is 1.48 bits per heavy atom. The van der Waals surface area contributed by atoms with Crippen molar-refractivity contribution in [3.05, 3.63) is 29.6 Å². The Bertz CT molecular complexity index is 557.